The van der Waals surface area contributed by atoms with Gasteiger partial charge in [-0.1, -0.05) is 6.92 Å². The lowest BCUT2D eigenvalue weighted by Crippen LogP contribution is -2.45. The minimum Gasteiger partial charge on any atom is -0.392 e. The summed E-state index contributed by atoms with van der Waals surface area (Å²) in [6, 6.07) is 0. The van der Waals surface area contributed by atoms with Crippen molar-refractivity contribution in [2.75, 3.05) is 14.2 Å². The smallest absolute Gasteiger partial charge is 0.157 e. The molecule has 0 aromatic heterocycles. The summed E-state index contributed by atoms with van der Waals surface area (Å²) >= 11 is 0. The van der Waals surface area contributed by atoms with Crippen LogP contribution in [0.4, 0.5) is 0 Å². The molecule has 0 spiro atoms. The van der Waals surface area contributed by atoms with Crippen LogP contribution in [0.15, 0.2) is 11.8 Å². The van der Waals surface area contributed by atoms with Crippen molar-refractivity contribution >= 4 is 5.84 Å². The van der Waals surface area contributed by atoms with E-state index in [0.717, 1.165) is 12.1 Å². The van der Waals surface area contributed by atoms with Crippen molar-refractivity contribution in [3.63, 3.8) is 0 Å². The van der Waals surface area contributed by atoms with E-state index < -0.39 is 5.72 Å². The number of nitrogens with one attached hydrogen (secondary N) is 3. The highest BCUT2D eigenvalue weighted by atomic mass is 16.5. The van der Waals surface area contributed by atoms with Crippen LogP contribution < -0.4 is 10.6 Å². The number of methoxy groups -OCH3 is 1. The van der Waals surface area contributed by atoms with Crippen LogP contribution in [0.25, 0.3) is 0 Å². The fraction of sp³-hybridized carbons (Fsp3) is 0.700. The quantitative estimate of drug-likeness (QED) is 0.357. The van der Waals surface area contributed by atoms with Crippen molar-refractivity contribution in [3.8, 4) is 0 Å². The van der Waals surface area contributed by atoms with Gasteiger partial charge in [-0.15, -0.1) is 0 Å². The molecule has 82 valence electrons. The number of hydrogen-bond donors (Lipinski definition) is 3. The first-order valence-electron chi connectivity index (χ1n) is 4.75. The maximum Gasteiger partial charge on any atom is 0.157 e. The molecule has 0 radical (unpaired) electrons. The summed E-state index contributed by atoms with van der Waals surface area (Å²) in [7, 11) is 3.50. The van der Waals surface area contributed by atoms with Gasteiger partial charge < -0.3 is 15.4 Å². The van der Waals surface area contributed by atoms with Gasteiger partial charge in [0.25, 0.3) is 0 Å². The van der Waals surface area contributed by atoms with Crippen molar-refractivity contribution in [2.45, 2.75) is 32.9 Å². The highest BCUT2D eigenvalue weighted by Gasteiger charge is 2.20. The van der Waals surface area contributed by atoms with E-state index in [1.807, 2.05) is 20.0 Å². The second-order valence-electron chi connectivity index (χ2n) is 3.33. The second-order valence-corrected chi connectivity index (χ2v) is 3.33. The zero-order valence-corrected chi connectivity index (χ0v) is 9.69. The van der Waals surface area contributed by atoms with Crippen molar-refractivity contribution in [1.82, 2.24) is 10.6 Å². The second kappa shape index (κ2) is 5.65. The zero-order valence-electron chi connectivity index (χ0n) is 9.69. The van der Waals surface area contributed by atoms with Crippen LogP contribution in [0.1, 0.15) is 27.2 Å². The number of ether oxygens (including phenoxy) is 1. The third-order valence-corrected chi connectivity index (χ3v) is 2.01. The van der Waals surface area contributed by atoms with Gasteiger partial charge in [-0.3, -0.25) is 5.41 Å². The van der Waals surface area contributed by atoms with Crippen LogP contribution in [0.3, 0.4) is 0 Å². The fourth-order valence-electron chi connectivity index (χ4n) is 1.20. The molecule has 0 bridgehead atoms. The van der Waals surface area contributed by atoms with Gasteiger partial charge in [-0.05, 0) is 26.3 Å². The Bertz CT molecular complexity index is 219. The SMILES string of the molecule is CC/C(=C\C(C)(NC(C)=N)OC)NC. The number of amidine groups is 1. The molecule has 0 saturated heterocycles. The third-order valence-electron chi connectivity index (χ3n) is 2.01. The Kier molecular flexibility index (Phi) is 5.23. The van der Waals surface area contributed by atoms with Gasteiger partial charge in [0.15, 0.2) is 5.72 Å². The summed E-state index contributed by atoms with van der Waals surface area (Å²) in [5.74, 6) is 0.386. The maximum absolute atomic E-state index is 7.37. The zero-order chi connectivity index (χ0) is 11.2. The predicted molar refractivity (Wildman–Crippen MR) is 59.4 cm³/mol. The minimum atomic E-state index is -0.611. The summed E-state index contributed by atoms with van der Waals surface area (Å²) in [4.78, 5) is 0. The van der Waals surface area contributed by atoms with E-state index in [1.165, 1.54) is 0 Å². The van der Waals surface area contributed by atoms with Gasteiger partial charge in [0.2, 0.25) is 0 Å². The highest BCUT2D eigenvalue weighted by molar-refractivity contribution is 5.76. The van der Waals surface area contributed by atoms with Crippen molar-refractivity contribution < 1.29 is 4.74 Å². The summed E-state index contributed by atoms with van der Waals surface area (Å²) in [5.41, 5.74) is 0.475. The molecule has 0 amide bonds. The molecule has 0 aliphatic carbocycles. The maximum atomic E-state index is 7.37. The van der Waals surface area contributed by atoms with E-state index >= 15 is 0 Å². The normalized spacial score (nSPS) is 15.9. The topological polar surface area (TPSA) is 57.1 Å². The third kappa shape index (κ3) is 4.28. The molecule has 0 fully saturated rings. The minimum absolute atomic E-state index is 0.386. The lowest BCUT2D eigenvalue weighted by atomic mass is 10.2. The van der Waals surface area contributed by atoms with Gasteiger partial charge in [0.05, 0.1) is 5.84 Å². The predicted octanol–water partition coefficient (Wildman–Crippen LogP) is 1.45. The van der Waals surface area contributed by atoms with Crippen molar-refractivity contribution in [3.05, 3.63) is 11.8 Å². The largest absolute Gasteiger partial charge is 0.392 e. The molecule has 4 nitrogen and oxygen atoms in total. The fourth-order valence-corrected chi connectivity index (χ4v) is 1.20. The van der Waals surface area contributed by atoms with Gasteiger partial charge in [-0.25, -0.2) is 0 Å². The highest BCUT2D eigenvalue weighted by Crippen LogP contribution is 2.10. The first kappa shape index (κ1) is 13.0. The Hall–Kier alpha value is -1.03. The Morgan fingerprint density at radius 2 is 2.14 bits per heavy atom. The molecule has 0 heterocycles. The summed E-state index contributed by atoms with van der Waals surface area (Å²) in [6.07, 6.45) is 2.86. The van der Waals surface area contributed by atoms with Crippen LogP contribution in [-0.4, -0.2) is 25.7 Å². The summed E-state index contributed by atoms with van der Waals surface area (Å²) in [6.45, 7) is 5.64. The molecule has 0 aromatic rings. The Morgan fingerprint density at radius 1 is 1.57 bits per heavy atom. The van der Waals surface area contributed by atoms with Crippen molar-refractivity contribution in [1.29, 1.82) is 5.41 Å². The molecular formula is C10H21N3O. The molecule has 0 aliphatic heterocycles. The first-order valence-corrected chi connectivity index (χ1v) is 4.75. The lowest BCUT2D eigenvalue weighted by Gasteiger charge is -2.27. The Morgan fingerprint density at radius 3 is 2.43 bits per heavy atom. The molecular weight excluding hydrogens is 178 g/mol. The van der Waals surface area contributed by atoms with E-state index in [1.54, 1.807) is 14.0 Å². The molecule has 0 rings (SSSR count). The van der Waals surface area contributed by atoms with Gasteiger partial charge >= 0.3 is 0 Å². The van der Waals surface area contributed by atoms with Gasteiger partial charge in [0, 0.05) is 19.9 Å². The van der Waals surface area contributed by atoms with Gasteiger partial charge in [0.1, 0.15) is 0 Å². The van der Waals surface area contributed by atoms with Crippen LogP contribution in [0.5, 0.6) is 0 Å². The monoisotopic (exact) mass is 199 g/mol. The molecule has 3 N–H and O–H groups in total. The number of allylic oxidation sites excluding steroid dienone is 1. The lowest BCUT2D eigenvalue weighted by molar-refractivity contribution is 0.0346. The van der Waals surface area contributed by atoms with E-state index in [-0.39, 0.29) is 0 Å². The molecule has 0 aromatic carbocycles. The van der Waals surface area contributed by atoms with Crippen molar-refractivity contribution in [2.24, 2.45) is 0 Å². The van der Waals surface area contributed by atoms with Crippen LogP contribution in [0.2, 0.25) is 0 Å². The van der Waals surface area contributed by atoms with E-state index in [0.29, 0.717) is 5.84 Å². The van der Waals surface area contributed by atoms with Crippen LogP contribution >= 0.6 is 0 Å². The molecule has 0 aliphatic rings. The molecule has 14 heavy (non-hydrogen) atoms. The number of hydrogen-bond acceptors (Lipinski definition) is 3. The molecule has 1 atom stereocenters. The van der Waals surface area contributed by atoms with E-state index in [2.05, 4.69) is 17.6 Å². The summed E-state index contributed by atoms with van der Waals surface area (Å²) in [5, 5.41) is 13.4. The molecule has 4 heteroatoms. The average molecular weight is 199 g/mol. The Balaban J connectivity index is 4.67. The summed E-state index contributed by atoms with van der Waals surface area (Å²) < 4.78 is 5.31. The van der Waals surface area contributed by atoms with E-state index in [9.17, 15) is 0 Å². The standard InChI is InChI=1S/C10H21N3O/c1-6-9(12-4)7-10(3,14-5)13-8(2)11/h7,12H,6H2,1-5H3,(H2,11,13)/b9-7+. The van der Waals surface area contributed by atoms with Crippen LogP contribution in [-0.2, 0) is 4.74 Å². The number of rotatable bonds is 5. The van der Waals surface area contributed by atoms with Gasteiger partial charge in [-0.2, -0.15) is 0 Å². The molecule has 1 unspecified atom stereocenters. The van der Waals surface area contributed by atoms with Crippen LogP contribution in [0, 0.1) is 5.41 Å². The van der Waals surface area contributed by atoms with E-state index in [4.69, 9.17) is 10.1 Å². The average Bonchev–Trinajstić information content (AvgIpc) is 2.13. The Labute approximate surface area is 86.2 Å². The molecule has 0 saturated carbocycles. The first-order chi connectivity index (χ1) is 6.47.